The maximum absolute atomic E-state index is 5.43. The second kappa shape index (κ2) is 4.11. The molecule has 1 heterocycles. The van der Waals surface area contributed by atoms with E-state index < -0.39 is 0 Å². The van der Waals surface area contributed by atoms with E-state index in [1.807, 2.05) is 0 Å². The van der Waals surface area contributed by atoms with Crippen LogP contribution >= 0.6 is 0 Å². The van der Waals surface area contributed by atoms with Crippen molar-refractivity contribution in [2.24, 2.45) is 0 Å². The van der Waals surface area contributed by atoms with Crippen LogP contribution in [0.1, 0.15) is 16.7 Å². The number of hydrogen-bond donors (Lipinski definition) is 0. The van der Waals surface area contributed by atoms with Crippen molar-refractivity contribution in [2.75, 3.05) is 13.2 Å². The third kappa shape index (κ3) is 2.14. The topological polar surface area (TPSA) is 18.5 Å². The summed E-state index contributed by atoms with van der Waals surface area (Å²) in [6.07, 6.45) is 0.837. The fraction of sp³-hybridized carbons (Fsp3) is 0.500. The SMILES string of the molecule is Cc1ccc(C)c(CC2OCCO2)c1. The molecular formula is C12H16O2. The van der Waals surface area contributed by atoms with Gasteiger partial charge in [-0.25, -0.2) is 0 Å². The van der Waals surface area contributed by atoms with Crippen molar-refractivity contribution in [2.45, 2.75) is 26.6 Å². The van der Waals surface area contributed by atoms with E-state index in [0.29, 0.717) is 0 Å². The van der Waals surface area contributed by atoms with Crippen LogP contribution in [0.3, 0.4) is 0 Å². The normalized spacial score (nSPS) is 17.6. The summed E-state index contributed by atoms with van der Waals surface area (Å²) in [4.78, 5) is 0. The van der Waals surface area contributed by atoms with Gasteiger partial charge in [0.15, 0.2) is 6.29 Å². The van der Waals surface area contributed by atoms with Crippen LogP contribution in [0.15, 0.2) is 18.2 Å². The van der Waals surface area contributed by atoms with E-state index in [0.717, 1.165) is 19.6 Å². The summed E-state index contributed by atoms with van der Waals surface area (Å²) in [5.74, 6) is 0. The summed E-state index contributed by atoms with van der Waals surface area (Å²) in [5, 5.41) is 0. The number of benzene rings is 1. The van der Waals surface area contributed by atoms with Crippen LogP contribution in [0.2, 0.25) is 0 Å². The Labute approximate surface area is 84.8 Å². The maximum atomic E-state index is 5.43. The lowest BCUT2D eigenvalue weighted by Crippen LogP contribution is -2.12. The Morgan fingerprint density at radius 2 is 1.93 bits per heavy atom. The van der Waals surface area contributed by atoms with Gasteiger partial charge in [-0.2, -0.15) is 0 Å². The van der Waals surface area contributed by atoms with Gasteiger partial charge >= 0.3 is 0 Å². The van der Waals surface area contributed by atoms with Crippen LogP contribution in [0, 0.1) is 13.8 Å². The second-order valence-corrected chi connectivity index (χ2v) is 3.81. The Morgan fingerprint density at radius 3 is 2.64 bits per heavy atom. The van der Waals surface area contributed by atoms with Crippen molar-refractivity contribution in [1.82, 2.24) is 0 Å². The lowest BCUT2D eigenvalue weighted by molar-refractivity contribution is -0.0400. The molecule has 0 bridgehead atoms. The summed E-state index contributed by atoms with van der Waals surface area (Å²) in [6, 6.07) is 6.50. The van der Waals surface area contributed by atoms with Crippen LogP contribution in [0.4, 0.5) is 0 Å². The van der Waals surface area contributed by atoms with E-state index in [2.05, 4.69) is 32.0 Å². The van der Waals surface area contributed by atoms with Crippen molar-refractivity contribution in [1.29, 1.82) is 0 Å². The van der Waals surface area contributed by atoms with E-state index in [1.54, 1.807) is 0 Å². The summed E-state index contributed by atoms with van der Waals surface area (Å²) in [5.41, 5.74) is 3.94. The molecule has 2 heteroatoms. The average molecular weight is 192 g/mol. The zero-order valence-corrected chi connectivity index (χ0v) is 8.75. The molecule has 0 saturated carbocycles. The molecule has 0 aliphatic carbocycles. The molecule has 1 aliphatic heterocycles. The second-order valence-electron chi connectivity index (χ2n) is 3.81. The maximum Gasteiger partial charge on any atom is 0.161 e. The minimum absolute atomic E-state index is 0.0319. The van der Waals surface area contributed by atoms with E-state index in [-0.39, 0.29) is 6.29 Å². The molecule has 0 atom stereocenters. The number of rotatable bonds is 2. The first kappa shape index (κ1) is 9.69. The number of ether oxygens (including phenoxy) is 2. The largest absolute Gasteiger partial charge is 0.350 e. The quantitative estimate of drug-likeness (QED) is 0.715. The van der Waals surface area contributed by atoms with Crippen molar-refractivity contribution in [3.63, 3.8) is 0 Å². The molecular weight excluding hydrogens is 176 g/mol. The summed E-state index contributed by atoms with van der Waals surface area (Å²) in [7, 11) is 0. The monoisotopic (exact) mass is 192 g/mol. The van der Waals surface area contributed by atoms with Gasteiger partial charge in [-0.3, -0.25) is 0 Å². The van der Waals surface area contributed by atoms with Crippen molar-refractivity contribution < 1.29 is 9.47 Å². The third-order valence-electron chi connectivity index (χ3n) is 2.58. The first-order valence-corrected chi connectivity index (χ1v) is 5.05. The number of aryl methyl sites for hydroxylation is 2. The van der Waals surface area contributed by atoms with E-state index >= 15 is 0 Å². The lowest BCUT2D eigenvalue weighted by atomic mass is 10.0. The average Bonchev–Trinajstić information content (AvgIpc) is 2.64. The molecule has 1 aromatic rings. The van der Waals surface area contributed by atoms with E-state index in [4.69, 9.17) is 9.47 Å². The van der Waals surface area contributed by atoms with Crippen LogP contribution in [-0.4, -0.2) is 19.5 Å². The van der Waals surface area contributed by atoms with Gasteiger partial charge in [0.1, 0.15) is 0 Å². The van der Waals surface area contributed by atoms with Gasteiger partial charge in [-0.1, -0.05) is 23.8 Å². The summed E-state index contributed by atoms with van der Waals surface area (Å²) in [6.45, 7) is 5.70. The van der Waals surface area contributed by atoms with Gasteiger partial charge in [0.2, 0.25) is 0 Å². The molecule has 0 amide bonds. The first-order valence-electron chi connectivity index (χ1n) is 5.05. The highest BCUT2D eigenvalue weighted by Gasteiger charge is 2.16. The molecule has 1 aliphatic rings. The molecule has 0 radical (unpaired) electrons. The highest BCUT2D eigenvalue weighted by Crippen LogP contribution is 2.16. The standard InChI is InChI=1S/C12H16O2/c1-9-3-4-10(2)11(7-9)8-12-13-5-6-14-12/h3-4,7,12H,5-6,8H2,1-2H3. The minimum atomic E-state index is -0.0319. The van der Waals surface area contributed by atoms with Crippen molar-refractivity contribution in [3.8, 4) is 0 Å². The number of hydrogen-bond acceptors (Lipinski definition) is 2. The molecule has 1 fully saturated rings. The van der Waals surface area contributed by atoms with Crippen LogP contribution < -0.4 is 0 Å². The van der Waals surface area contributed by atoms with Crippen molar-refractivity contribution in [3.05, 3.63) is 34.9 Å². The summed E-state index contributed by atoms with van der Waals surface area (Å²) < 4.78 is 10.9. The van der Waals surface area contributed by atoms with Crippen LogP contribution in [0.25, 0.3) is 0 Å². The van der Waals surface area contributed by atoms with Gasteiger partial charge in [-0.15, -0.1) is 0 Å². The zero-order valence-electron chi connectivity index (χ0n) is 8.75. The predicted molar refractivity (Wildman–Crippen MR) is 55.3 cm³/mol. The molecule has 76 valence electrons. The van der Waals surface area contributed by atoms with Crippen LogP contribution in [0.5, 0.6) is 0 Å². The molecule has 0 unspecified atom stereocenters. The Balaban J connectivity index is 2.10. The molecule has 1 saturated heterocycles. The predicted octanol–water partition coefficient (Wildman–Crippen LogP) is 2.22. The van der Waals surface area contributed by atoms with Crippen LogP contribution in [-0.2, 0) is 15.9 Å². The molecule has 14 heavy (non-hydrogen) atoms. The molecule has 0 N–H and O–H groups in total. The van der Waals surface area contributed by atoms with E-state index in [9.17, 15) is 0 Å². The molecule has 0 spiro atoms. The smallest absolute Gasteiger partial charge is 0.161 e. The summed E-state index contributed by atoms with van der Waals surface area (Å²) >= 11 is 0. The molecule has 2 rings (SSSR count). The van der Waals surface area contributed by atoms with Gasteiger partial charge in [-0.05, 0) is 25.0 Å². The Hall–Kier alpha value is -0.860. The third-order valence-corrected chi connectivity index (χ3v) is 2.58. The molecule has 2 nitrogen and oxygen atoms in total. The first-order chi connectivity index (χ1) is 6.75. The highest BCUT2D eigenvalue weighted by atomic mass is 16.7. The highest BCUT2D eigenvalue weighted by molar-refractivity contribution is 5.30. The molecule has 1 aromatic carbocycles. The zero-order chi connectivity index (χ0) is 9.97. The van der Waals surface area contributed by atoms with Gasteiger partial charge in [0.25, 0.3) is 0 Å². The fourth-order valence-corrected chi connectivity index (χ4v) is 1.72. The minimum Gasteiger partial charge on any atom is -0.350 e. The lowest BCUT2D eigenvalue weighted by Gasteiger charge is -2.11. The molecule has 0 aromatic heterocycles. The Kier molecular flexibility index (Phi) is 2.85. The Morgan fingerprint density at radius 1 is 1.21 bits per heavy atom. The van der Waals surface area contributed by atoms with Crippen molar-refractivity contribution >= 4 is 0 Å². The van der Waals surface area contributed by atoms with E-state index in [1.165, 1.54) is 16.7 Å². The van der Waals surface area contributed by atoms with Gasteiger partial charge in [0, 0.05) is 6.42 Å². The fourth-order valence-electron chi connectivity index (χ4n) is 1.72. The van der Waals surface area contributed by atoms with Gasteiger partial charge < -0.3 is 9.47 Å². The van der Waals surface area contributed by atoms with Gasteiger partial charge in [0.05, 0.1) is 13.2 Å². The Bertz CT molecular complexity index is 314.